The van der Waals surface area contributed by atoms with Crippen molar-refractivity contribution in [2.45, 2.75) is 32.4 Å². The molecule has 0 aliphatic carbocycles. The molecular weight excluding hydrogens is 212 g/mol. The minimum absolute atomic E-state index is 0.244. The van der Waals surface area contributed by atoms with Gasteiger partial charge in [-0.3, -0.25) is 0 Å². The molecule has 0 saturated carbocycles. The predicted molar refractivity (Wildman–Crippen MR) is 55.7 cm³/mol. The van der Waals surface area contributed by atoms with Gasteiger partial charge in [0.05, 0.1) is 12.8 Å². The highest BCUT2D eigenvalue weighted by Crippen LogP contribution is 2.12. The van der Waals surface area contributed by atoms with Crippen LogP contribution in [0.3, 0.4) is 0 Å². The summed E-state index contributed by atoms with van der Waals surface area (Å²) in [5, 5.41) is 11.5. The van der Waals surface area contributed by atoms with Crippen LogP contribution in [0, 0.1) is 0 Å². The normalized spacial score (nSPS) is 13.2. The van der Waals surface area contributed by atoms with Gasteiger partial charge in [0.25, 0.3) is 0 Å². The molecule has 1 atom stereocenters. The van der Waals surface area contributed by atoms with Crippen molar-refractivity contribution in [1.82, 2.24) is 10.3 Å². The summed E-state index contributed by atoms with van der Waals surface area (Å²) >= 11 is 0. The van der Waals surface area contributed by atoms with Gasteiger partial charge in [-0.2, -0.15) is 0 Å². The van der Waals surface area contributed by atoms with Crippen LogP contribution >= 0.6 is 0 Å². The van der Waals surface area contributed by atoms with Crippen LogP contribution in [-0.2, 0) is 4.74 Å². The number of aliphatic hydroxyl groups excluding tert-OH is 1. The Balaban J connectivity index is 2.55. The molecule has 1 heterocycles. The lowest BCUT2D eigenvalue weighted by Crippen LogP contribution is -2.36. The zero-order valence-electron chi connectivity index (χ0n) is 9.56. The molecule has 1 aromatic rings. The van der Waals surface area contributed by atoms with Crippen LogP contribution in [-0.4, -0.2) is 28.4 Å². The van der Waals surface area contributed by atoms with Crippen molar-refractivity contribution >= 4 is 6.09 Å². The summed E-state index contributed by atoms with van der Waals surface area (Å²) in [5.41, 5.74) is -0.583. The van der Waals surface area contributed by atoms with Crippen molar-refractivity contribution in [2.75, 3.05) is 6.61 Å². The van der Waals surface area contributed by atoms with E-state index in [1.54, 1.807) is 20.8 Å². The van der Waals surface area contributed by atoms with Gasteiger partial charge < -0.3 is 19.6 Å². The lowest BCUT2D eigenvalue weighted by atomic mass is 10.2. The van der Waals surface area contributed by atoms with E-state index in [1.165, 1.54) is 12.5 Å². The number of carbonyl (C=O) groups excluding carboxylic acids is 1. The number of alkyl carbamates (subject to hydrolysis) is 1. The Morgan fingerprint density at radius 1 is 1.69 bits per heavy atom. The van der Waals surface area contributed by atoms with Crippen LogP contribution in [0.4, 0.5) is 4.79 Å². The number of nitrogens with zero attached hydrogens (tertiary/aromatic N) is 1. The molecule has 0 aromatic carbocycles. The van der Waals surface area contributed by atoms with Crippen molar-refractivity contribution in [3.05, 3.63) is 18.4 Å². The second-order valence-corrected chi connectivity index (χ2v) is 4.25. The standard InChI is InChI=1S/C10H16N2O4/c1-10(2,3)16-9(14)12-7(6-13)8-11-4-5-15-8/h4-5,7,13H,6H2,1-3H3,(H,12,14). The van der Waals surface area contributed by atoms with Gasteiger partial charge in [-0.1, -0.05) is 0 Å². The average Bonchev–Trinajstić information content (AvgIpc) is 2.63. The molecule has 0 spiro atoms. The molecule has 6 nitrogen and oxygen atoms in total. The van der Waals surface area contributed by atoms with E-state index in [9.17, 15) is 4.79 Å². The maximum atomic E-state index is 11.4. The molecule has 0 fully saturated rings. The molecule has 0 bridgehead atoms. The summed E-state index contributed by atoms with van der Waals surface area (Å²) in [4.78, 5) is 15.2. The third-order valence-corrected chi connectivity index (χ3v) is 1.62. The van der Waals surface area contributed by atoms with Crippen LogP contribution in [0.1, 0.15) is 32.7 Å². The van der Waals surface area contributed by atoms with Gasteiger partial charge in [-0.25, -0.2) is 9.78 Å². The van der Waals surface area contributed by atoms with Crippen LogP contribution in [0.2, 0.25) is 0 Å². The van der Waals surface area contributed by atoms with Crippen LogP contribution in [0.25, 0.3) is 0 Å². The zero-order chi connectivity index (χ0) is 12.2. The van der Waals surface area contributed by atoms with Crippen molar-refractivity contribution in [1.29, 1.82) is 0 Å². The number of amides is 1. The molecule has 1 aromatic heterocycles. The highest BCUT2D eigenvalue weighted by atomic mass is 16.6. The molecule has 0 aliphatic heterocycles. The molecule has 0 saturated heterocycles. The van der Waals surface area contributed by atoms with Crippen molar-refractivity contribution in [3.8, 4) is 0 Å². The summed E-state index contributed by atoms with van der Waals surface area (Å²) < 4.78 is 10.0. The molecule has 1 unspecified atom stereocenters. The molecular formula is C10H16N2O4. The largest absolute Gasteiger partial charge is 0.447 e. The van der Waals surface area contributed by atoms with Crippen molar-refractivity contribution in [3.63, 3.8) is 0 Å². The Labute approximate surface area is 93.6 Å². The number of oxazole rings is 1. The molecule has 1 rings (SSSR count). The van der Waals surface area contributed by atoms with Gasteiger partial charge >= 0.3 is 6.09 Å². The van der Waals surface area contributed by atoms with Gasteiger partial charge in [0.2, 0.25) is 5.89 Å². The summed E-state index contributed by atoms with van der Waals surface area (Å²) in [6.45, 7) is 4.96. The smallest absolute Gasteiger partial charge is 0.408 e. The first kappa shape index (κ1) is 12.5. The summed E-state index contributed by atoms with van der Waals surface area (Å²) in [6, 6.07) is -0.690. The van der Waals surface area contributed by atoms with Gasteiger partial charge in [0.1, 0.15) is 17.9 Å². The van der Waals surface area contributed by atoms with Crippen molar-refractivity contribution < 1.29 is 19.1 Å². The van der Waals surface area contributed by atoms with Gasteiger partial charge in [-0.15, -0.1) is 0 Å². The number of aliphatic hydroxyl groups is 1. The van der Waals surface area contributed by atoms with Crippen LogP contribution in [0.5, 0.6) is 0 Å². The second kappa shape index (κ2) is 4.98. The molecule has 6 heteroatoms. The van der Waals surface area contributed by atoms with Gasteiger partial charge in [0.15, 0.2) is 0 Å². The molecule has 2 N–H and O–H groups in total. The lowest BCUT2D eigenvalue weighted by Gasteiger charge is -2.21. The fourth-order valence-corrected chi connectivity index (χ4v) is 1.04. The second-order valence-electron chi connectivity index (χ2n) is 4.25. The Morgan fingerprint density at radius 3 is 2.81 bits per heavy atom. The molecule has 90 valence electrons. The number of ether oxygens (including phenoxy) is 1. The number of hydrogen-bond acceptors (Lipinski definition) is 5. The van der Waals surface area contributed by atoms with E-state index >= 15 is 0 Å². The molecule has 16 heavy (non-hydrogen) atoms. The fraction of sp³-hybridized carbons (Fsp3) is 0.600. The Kier molecular flexibility index (Phi) is 3.89. The average molecular weight is 228 g/mol. The molecule has 0 radical (unpaired) electrons. The van der Waals surface area contributed by atoms with Crippen LogP contribution < -0.4 is 5.32 Å². The number of carbonyl (C=O) groups is 1. The van der Waals surface area contributed by atoms with Gasteiger partial charge in [0, 0.05) is 0 Å². The van der Waals surface area contributed by atoms with Crippen molar-refractivity contribution in [2.24, 2.45) is 0 Å². The maximum absolute atomic E-state index is 11.4. The zero-order valence-corrected chi connectivity index (χ0v) is 9.56. The van der Waals surface area contributed by atoms with E-state index in [0.29, 0.717) is 0 Å². The first-order valence-corrected chi connectivity index (χ1v) is 4.92. The predicted octanol–water partition coefficient (Wildman–Crippen LogP) is 1.23. The quantitative estimate of drug-likeness (QED) is 0.812. The van der Waals surface area contributed by atoms with E-state index < -0.39 is 17.7 Å². The van der Waals surface area contributed by atoms with E-state index in [1.807, 2.05) is 0 Å². The molecule has 0 aliphatic rings. The highest BCUT2D eigenvalue weighted by Gasteiger charge is 2.22. The fourth-order valence-electron chi connectivity index (χ4n) is 1.04. The number of rotatable bonds is 3. The number of hydrogen-bond donors (Lipinski definition) is 2. The monoisotopic (exact) mass is 228 g/mol. The third kappa shape index (κ3) is 3.90. The summed E-state index contributed by atoms with van der Waals surface area (Å²) in [5.74, 6) is 0.244. The number of aromatic nitrogens is 1. The first-order valence-electron chi connectivity index (χ1n) is 4.92. The third-order valence-electron chi connectivity index (χ3n) is 1.62. The maximum Gasteiger partial charge on any atom is 0.408 e. The van der Waals surface area contributed by atoms with E-state index in [2.05, 4.69) is 10.3 Å². The Morgan fingerprint density at radius 2 is 2.38 bits per heavy atom. The van der Waals surface area contributed by atoms with Gasteiger partial charge in [-0.05, 0) is 20.8 Å². The highest BCUT2D eigenvalue weighted by molar-refractivity contribution is 5.68. The number of nitrogens with one attached hydrogen (secondary N) is 1. The minimum atomic E-state index is -0.690. The minimum Gasteiger partial charge on any atom is -0.447 e. The topological polar surface area (TPSA) is 84.6 Å². The van der Waals surface area contributed by atoms with E-state index in [0.717, 1.165) is 0 Å². The lowest BCUT2D eigenvalue weighted by molar-refractivity contribution is 0.0470. The summed E-state index contributed by atoms with van der Waals surface area (Å²) in [7, 11) is 0. The summed E-state index contributed by atoms with van der Waals surface area (Å²) in [6.07, 6.45) is 2.19. The van der Waals surface area contributed by atoms with Crippen LogP contribution in [0.15, 0.2) is 16.9 Å². The Bertz CT molecular complexity index is 329. The Hall–Kier alpha value is -1.56. The SMILES string of the molecule is CC(C)(C)OC(=O)NC(CO)c1ncco1. The van der Waals surface area contributed by atoms with E-state index in [4.69, 9.17) is 14.3 Å². The van der Waals surface area contributed by atoms with E-state index in [-0.39, 0.29) is 12.5 Å². The first-order chi connectivity index (χ1) is 7.42. The molecule has 1 amide bonds.